The van der Waals surface area contributed by atoms with E-state index < -0.39 is 0 Å². The first-order valence-electron chi connectivity index (χ1n) is 6.74. The van der Waals surface area contributed by atoms with E-state index in [2.05, 4.69) is 20.3 Å². The van der Waals surface area contributed by atoms with E-state index >= 15 is 0 Å². The van der Waals surface area contributed by atoms with Crippen molar-refractivity contribution in [2.24, 2.45) is 5.11 Å². The van der Waals surface area contributed by atoms with Crippen LogP contribution in [0.5, 0.6) is 0 Å². The van der Waals surface area contributed by atoms with Crippen molar-refractivity contribution in [2.45, 2.75) is 33.1 Å². The molecule has 114 valence electrons. The molecule has 0 unspecified atom stereocenters. The number of amides is 1. The van der Waals surface area contributed by atoms with E-state index in [9.17, 15) is 4.79 Å². The van der Waals surface area contributed by atoms with Crippen LogP contribution in [-0.2, 0) is 5.41 Å². The maximum absolute atomic E-state index is 12.2. The highest BCUT2D eigenvalue weighted by Crippen LogP contribution is 2.25. The maximum Gasteiger partial charge on any atom is 0.291 e. The number of furan rings is 1. The quantitative estimate of drug-likeness (QED) is 0.513. The first-order valence-corrected chi connectivity index (χ1v) is 6.74. The van der Waals surface area contributed by atoms with E-state index in [-0.39, 0.29) is 17.1 Å². The molecule has 0 aromatic carbocycles. The van der Waals surface area contributed by atoms with Crippen molar-refractivity contribution in [3.8, 4) is 0 Å². The molecule has 2 heterocycles. The third-order valence-corrected chi connectivity index (χ3v) is 3.04. The summed E-state index contributed by atoms with van der Waals surface area (Å²) < 4.78 is 5.57. The molecule has 0 radical (unpaired) electrons. The summed E-state index contributed by atoms with van der Waals surface area (Å²) in [6, 6.07) is 4.98. The molecular formula is C15H17N5O2. The zero-order valence-electron chi connectivity index (χ0n) is 12.9. The number of aryl methyl sites for hydroxylation is 1. The molecule has 0 aliphatic rings. The Morgan fingerprint density at radius 1 is 1.41 bits per heavy atom. The number of rotatable bonds is 3. The Hall–Kier alpha value is -2.79. The number of carbonyl (C=O) groups is 1. The number of nitrogens with one attached hydrogen (secondary N) is 1. The Labute approximate surface area is 128 Å². The SMILES string of the molecule is Cc1ncc(NC(=O)c2ccc(C(C)(C)C)o2)cc1N=[N+]=[N-]. The van der Waals surface area contributed by atoms with Crippen molar-refractivity contribution in [2.75, 3.05) is 5.32 Å². The van der Waals surface area contributed by atoms with Crippen LogP contribution >= 0.6 is 0 Å². The summed E-state index contributed by atoms with van der Waals surface area (Å²) in [6.07, 6.45) is 1.50. The molecule has 1 N–H and O–H groups in total. The molecule has 22 heavy (non-hydrogen) atoms. The number of hydrogen-bond donors (Lipinski definition) is 1. The topological polar surface area (TPSA) is 104 Å². The van der Waals surface area contributed by atoms with Crippen LogP contribution in [-0.4, -0.2) is 10.9 Å². The number of hydrogen-bond acceptors (Lipinski definition) is 4. The third kappa shape index (κ3) is 3.45. The van der Waals surface area contributed by atoms with Gasteiger partial charge >= 0.3 is 0 Å². The molecule has 0 fully saturated rings. The smallest absolute Gasteiger partial charge is 0.291 e. The Bertz CT molecular complexity index is 752. The summed E-state index contributed by atoms with van der Waals surface area (Å²) in [5.41, 5.74) is 9.73. The molecule has 2 aromatic heterocycles. The summed E-state index contributed by atoms with van der Waals surface area (Å²) >= 11 is 0. The third-order valence-electron chi connectivity index (χ3n) is 3.04. The minimum Gasteiger partial charge on any atom is -0.455 e. The maximum atomic E-state index is 12.2. The minimum absolute atomic E-state index is 0.168. The van der Waals surface area contributed by atoms with Gasteiger partial charge in [-0.3, -0.25) is 9.78 Å². The predicted molar refractivity (Wildman–Crippen MR) is 83.1 cm³/mol. The number of aromatic nitrogens is 1. The molecule has 0 saturated carbocycles. The van der Waals surface area contributed by atoms with E-state index in [0.717, 1.165) is 5.76 Å². The van der Waals surface area contributed by atoms with E-state index in [1.54, 1.807) is 25.1 Å². The van der Waals surface area contributed by atoms with E-state index in [0.29, 0.717) is 17.1 Å². The molecular weight excluding hydrogens is 282 g/mol. The van der Waals surface area contributed by atoms with Gasteiger partial charge in [0.2, 0.25) is 0 Å². The van der Waals surface area contributed by atoms with Gasteiger partial charge in [0.15, 0.2) is 5.76 Å². The fourth-order valence-corrected chi connectivity index (χ4v) is 1.79. The molecule has 2 aromatic rings. The zero-order valence-corrected chi connectivity index (χ0v) is 12.9. The highest BCUT2D eigenvalue weighted by atomic mass is 16.4. The van der Waals surface area contributed by atoms with Gasteiger partial charge < -0.3 is 9.73 Å². The summed E-state index contributed by atoms with van der Waals surface area (Å²) in [5.74, 6) is 0.568. The average Bonchev–Trinajstić information content (AvgIpc) is 2.92. The Kier molecular flexibility index (Phi) is 4.19. The highest BCUT2D eigenvalue weighted by Gasteiger charge is 2.20. The fraction of sp³-hybridized carbons (Fsp3) is 0.333. The Morgan fingerprint density at radius 2 is 2.14 bits per heavy atom. The van der Waals surface area contributed by atoms with Crippen LogP contribution in [0.3, 0.4) is 0 Å². The lowest BCUT2D eigenvalue weighted by molar-refractivity contribution is 0.0993. The zero-order chi connectivity index (χ0) is 16.3. The molecule has 0 saturated heterocycles. The van der Waals surface area contributed by atoms with Crippen molar-refractivity contribution in [1.29, 1.82) is 0 Å². The molecule has 0 bridgehead atoms. The largest absolute Gasteiger partial charge is 0.455 e. The molecule has 0 spiro atoms. The average molecular weight is 299 g/mol. The van der Waals surface area contributed by atoms with Gasteiger partial charge in [-0.05, 0) is 30.7 Å². The lowest BCUT2D eigenvalue weighted by atomic mass is 9.94. The minimum atomic E-state index is -0.381. The Morgan fingerprint density at radius 3 is 2.73 bits per heavy atom. The van der Waals surface area contributed by atoms with Gasteiger partial charge in [0.25, 0.3) is 5.91 Å². The van der Waals surface area contributed by atoms with Gasteiger partial charge in [-0.1, -0.05) is 25.9 Å². The summed E-state index contributed by atoms with van der Waals surface area (Å²) in [6.45, 7) is 7.73. The second-order valence-electron chi connectivity index (χ2n) is 5.89. The van der Waals surface area contributed by atoms with Crippen LogP contribution in [0.1, 0.15) is 42.8 Å². The second-order valence-corrected chi connectivity index (χ2v) is 5.89. The fourth-order valence-electron chi connectivity index (χ4n) is 1.79. The number of azide groups is 1. The van der Waals surface area contributed by atoms with Crippen LogP contribution in [0.15, 0.2) is 33.9 Å². The highest BCUT2D eigenvalue weighted by molar-refractivity contribution is 6.02. The van der Waals surface area contributed by atoms with Gasteiger partial charge in [0.1, 0.15) is 5.76 Å². The number of nitrogens with zero attached hydrogens (tertiary/aromatic N) is 4. The number of pyridine rings is 1. The van der Waals surface area contributed by atoms with Crippen molar-refractivity contribution in [1.82, 2.24) is 4.98 Å². The molecule has 1 amide bonds. The van der Waals surface area contributed by atoms with Gasteiger partial charge in [0.05, 0.1) is 17.6 Å². The summed E-state index contributed by atoms with van der Waals surface area (Å²) in [4.78, 5) is 19.0. The molecule has 7 heteroatoms. The van der Waals surface area contributed by atoms with Gasteiger partial charge in [0, 0.05) is 16.0 Å². The molecule has 0 aliphatic heterocycles. The Balaban J connectivity index is 2.20. The van der Waals surface area contributed by atoms with Gasteiger partial charge in [-0.15, -0.1) is 0 Å². The van der Waals surface area contributed by atoms with Crippen LogP contribution in [0.2, 0.25) is 0 Å². The predicted octanol–water partition coefficient (Wildman–Crippen LogP) is 4.47. The standard InChI is InChI=1S/C15H17N5O2/c1-9-11(19-20-16)7-10(8-17-9)18-14(21)12-5-6-13(22-12)15(2,3)4/h5-8H,1-4H3,(H,18,21). The van der Waals surface area contributed by atoms with Crippen LogP contribution < -0.4 is 5.32 Å². The van der Waals surface area contributed by atoms with Gasteiger partial charge in [-0.25, -0.2) is 0 Å². The van der Waals surface area contributed by atoms with E-state index in [4.69, 9.17) is 9.95 Å². The normalized spacial score (nSPS) is 10.9. The van der Waals surface area contributed by atoms with Gasteiger partial charge in [-0.2, -0.15) is 0 Å². The summed E-state index contributed by atoms with van der Waals surface area (Å²) in [7, 11) is 0. The lowest BCUT2D eigenvalue weighted by Gasteiger charge is -2.14. The van der Waals surface area contributed by atoms with Crippen molar-refractivity contribution < 1.29 is 9.21 Å². The summed E-state index contributed by atoms with van der Waals surface area (Å²) in [5, 5.41) is 6.20. The molecule has 0 atom stereocenters. The van der Waals surface area contributed by atoms with Crippen molar-refractivity contribution in [3.63, 3.8) is 0 Å². The first kappa shape index (κ1) is 15.6. The number of carbonyl (C=O) groups excluding carboxylic acids is 1. The first-order chi connectivity index (χ1) is 10.3. The molecule has 7 nitrogen and oxygen atoms in total. The van der Waals surface area contributed by atoms with Crippen LogP contribution in [0, 0.1) is 6.92 Å². The van der Waals surface area contributed by atoms with Crippen molar-refractivity contribution >= 4 is 17.3 Å². The van der Waals surface area contributed by atoms with E-state index in [1.807, 2.05) is 20.8 Å². The molecule has 2 rings (SSSR count). The monoisotopic (exact) mass is 299 g/mol. The molecule has 0 aliphatic carbocycles. The van der Waals surface area contributed by atoms with Crippen LogP contribution in [0.4, 0.5) is 11.4 Å². The number of anilines is 1. The van der Waals surface area contributed by atoms with E-state index in [1.165, 1.54) is 6.20 Å². The second kappa shape index (κ2) is 5.91. The lowest BCUT2D eigenvalue weighted by Crippen LogP contribution is -2.12. The van der Waals surface area contributed by atoms with Crippen molar-refractivity contribution in [3.05, 3.63) is 52.1 Å². The van der Waals surface area contributed by atoms with Crippen LogP contribution in [0.25, 0.3) is 10.4 Å².